The van der Waals surface area contributed by atoms with E-state index in [9.17, 15) is 4.79 Å². The molecule has 1 aliphatic heterocycles. The number of rotatable bonds is 3. The van der Waals surface area contributed by atoms with Crippen LogP contribution in [0.2, 0.25) is 0 Å². The molecule has 154 valence electrons. The lowest BCUT2D eigenvalue weighted by Gasteiger charge is -2.28. The molecule has 0 saturated heterocycles. The molecular formula is C21H21N5OS3. The second kappa shape index (κ2) is 7.79. The Morgan fingerprint density at radius 2 is 1.77 bits per heavy atom. The van der Waals surface area contributed by atoms with Gasteiger partial charge in [0.05, 0.1) is 49.1 Å². The molecule has 3 aromatic heterocycles. The van der Waals surface area contributed by atoms with Crippen molar-refractivity contribution >= 4 is 51.7 Å². The van der Waals surface area contributed by atoms with E-state index in [2.05, 4.69) is 21.0 Å². The average molecular weight is 456 g/mol. The lowest BCUT2D eigenvalue weighted by atomic mass is 9.79. The van der Waals surface area contributed by atoms with E-state index >= 15 is 0 Å². The lowest BCUT2D eigenvalue weighted by molar-refractivity contribution is 0.0687. The lowest BCUT2D eigenvalue weighted by Crippen LogP contribution is -2.31. The number of carbonyl (C=O) groups excluding carboxylic acids is 1. The highest BCUT2D eigenvalue weighted by Gasteiger charge is 2.45. The molecule has 3 aromatic rings. The molecule has 1 amide bonds. The van der Waals surface area contributed by atoms with Crippen LogP contribution in [0, 0.1) is 26.7 Å². The quantitative estimate of drug-likeness (QED) is 0.529. The van der Waals surface area contributed by atoms with E-state index in [1.165, 1.54) is 21.8 Å². The van der Waals surface area contributed by atoms with Gasteiger partial charge in [0.25, 0.3) is 5.91 Å². The first-order valence-electron chi connectivity index (χ1n) is 9.87. The van der Waals surface area contributed by atoms with Crippen molar-refractivity contribution in [2.24, 2.45) is 11.0 Å². The Bertz CT molecular complexity index is 1170. The van der Waals surface area contributed by atoms with Crippen molar-refractivity contribution in [3.63, 3.8) is 0 Å². The largest absolute Gasteiger partial charge is 0.286 e. The van der Waals surface area contributed by atoms with E-state index in [1.807, 2.05) is 31.8 Å². The number of hydrazone groups is 1. The molecule has 9 heteroatoms. The zero-order valence-electron chi connectivity index (χ0n) is 17.0. The fraction of sp³-hybridized carbons (Fsp3) is 0.381. The number of hydrogen-bond acceptors (Lipinski definition) is 8. The van der Waals surface area contributed by atoms with Gasteiger partial charge in [-0.15, -0.1) is 34.0 Å². The summed E-state index contributed by atoms with van der Waals surface area (Å²) in [4.78, 5) is 29.6. The Labute approximate surface area is 187 Å². The van der Waals surface area contributed by atoms with E-state index in [-0.39, 0.29) is 17.9 Å². The molecule has 0 aromatic carbocycles. The third kappa shape index (κ3) is 3.25. The molecule has 2 atom stereocenters. The third-order valence-corrected chi connectivity index (χ3v) is 8.58. The Balaban J connectivity index is 1.61. The zero-order valence-corrected chi connectivity index (χ0v) is 19.4. The average Bonchev–Trinajstić information content (AvgIpc) is 3.50. The van der Waals surface area contributed by atoms with Gasteiger partial charge in [0.2, 0.25) is 0 Å². The third-order valence-electron chi connectivity index (χ3n) is 5.79. The van der Waals surface area contributed by atoms with Crippen LogP contribution in [0.4, 0.5) is 0 Å². The molecule has 0 bridgehead atoms. The molecule has 6 nitrogen and oxygen atoms in total. The van der Waals surface area contributed by atoms with E-state index < -0.39 is 0 Å². The number of allylic oxidation sites excluding steroid dienone is 1. The molecular weight excluding hydrogens is 434 g/mol. The van der Waals surface area contributed by atoms with Gasteiger partial charge in [-0.05, 0) is 51.7 Å². The first kappa shape index (κ1) is 19.7. The van der Waals surface area contributed by atoms with Gasteiger partial charge in [0, 0.05) is 5.92 Å². The maximum Gasteiger partial charge on any atom is 0.286 e. The summed E-state index contributed by atoms with van der Waals surface area (Å²) < 4.78 is 0. The highest BCUT2D eigenvalue weighted by molar-refractivity contribution is 7.12. The highest BCUT2D eigenvalue weighted by atomic mass is 32.1. The molecule has 1 saturated carbocycles. The van der Waals surface area contributed by atoms with Gasteiger partial charge in [0.1, 0.15) is 10.9 Å². The smallest absolute Gasteiger partial charge is 0.266 e. The number of thiazole rings is 3. The molecule has 4 heterocycles. The molecule has 2 unspecified atom stereocenters. The van der Waals surface area contributed by atoms with Gasteiger partial charge in [-0.2, -0.15) is 5.10 Å². The molecule has 30 heavy (non-hydrogen) atoms. The fourth-order valence-electron chi connectivity index (χ4n) is 4.24. The van der Waals surface area contributed by atoms with Gasteiger partial charge >= 0.3 is 0 Å². The predicted molar refractivity (Wildman–Crippen MR) is 122 cm³/mol. The Hall–Kier alpha value is -2.23. The number of hydrogen-bond donors (Lipinski definition) is 0. The topological polar surface area (TPSA) is 71.3 Å². The molecule has 2 aliphatic rings. The summed E-state index contributed by atoms with van der Waals surface area (Å²) in [6, 6.07) is -0.104. The number of aryl methyl sites for hydroxylation is 3. The van der Waals surface area contributed by atoms with Crippen LogP contribution in [-0.4, -0.2) is 31.6 Å². The van der Waals surface area contributed by atoms with Crippen molar-refractivity contribution in [3.8, 4) is 0 Å². The summed E-state index contributed by atoms with van der Waals surface area (Å²) in [6.07, 6.45) is 5.30. The second-order valence-corrected chi connectivity index (χ2v) is 10.2. The zero-order chi connectivity index (χ0) is 20.8. The van der Waals surface area contributed by atoms with Gasteiger partial charge in [-0.1, -0.05) is 0 Å². The number of fused-ring (bicyclic) bond motifs is 1. The molecule has 1 fully saturated rings. The summed E-state index contributed by atoms with van der Waals surface area (Å²) in [7, 11) is 0. The van der Waals surface area contributed by atoms with Crippen molar-refractivity contribution in [2.45, 2.75) is 46.1 Å². The minimum absolute atomic E-state index is 0.0666. The monoisotopic (exact) mass is 455 g/mol. The van der Waals surface area contributed by atoms with Crippen LogP contribution in [0.5, 0.6) is 0 Å². The van der Waals surface area contributed by atoms with Crippen molar-refractivity contribution in [1.29, 1.82) is 0 Å². The number of aromatic nitrogens is 3. The molecule has 5 rings (SSSR count). The van der Waals surface area contributed by atoms with E-state index in [0.717, 1.165) is 46.9 Å². The van der Waals surface area contributed by atoms with Gasteiger partial charge in [-0.3, -0.25) is 4.79 Å². The summed E-state index contributed by atoms with van der Waals surface area (Å²) in [5.41, 5.74) is 10.5. The number of amides is 1. The highest BCUT2D eigenvalue weighted by Crippen LogP contribution is 2.47. The maximum absolute atomic E-state index is 13.5. The summed E-state index contributed by atoms with van der Waals surface area (Å²) in [5, 5.41) is 6.66. The minimum atomic E-state index is -0.104. The SMILES string of the molecule is Cc1ncsc1C=C1CCCC2C1=NN(C(=O)c1scnc1C)C2c1scnc1C. The van der Waals surface area contributed by atoms with Gasteiger partial charge in [-0.25, -0.2) is 20.0 Å². The predicted octanol–water partition coefficient (Wildman–Crippen LogP) is 5.42. The first-order chi connectivity index (χ1) is 14.5. The van der Waals surface area contributed by atoms with Crippen LogP contribution in [0.25, 0.3) is 6.08 Å². The first-order valence-corrected chi connectivity index (χ1v) is 12.5. The summed E-state index contributed by atoms with van der Waals surface area (Å²) >= 11 is 4.65. The van der Waals surface area contributed by atoms with Crippen molar-refractivity contribution in [1.82, 2.24) is 20.0 Å². The molecule has 1 aliphatic carbocycles. The molecule has 0 spiro atoms. The standard InChI is InChI=1S/C21H21N5OS3/c1-11-16(28-8-22-11)7-14-5-4-6-15-17(14)25-26(18(15)19-12(2)23-9-29-19)21(27)20-13(3)24-10-30-20/h7-10,15,18H,4-6H2,1-3H3. The van der Waals surface area contributed by atoms with Crippen LogP contribution >= 0.6 is 34.0 Å². The normalized spacial score (nSPS) is 22.4. The summed E-state index contributed by atoms with van der Waals surface area (Å²) in [6.45, 7) is 5.93. The second-order valence-electron chi connectivity index (χ2n) is 7.62. The van der Waals surface area contributed by atoms with Crippen LogP contribution in [-0.2, 0) is 0 Å². The van der Waals surface area contributed by atoms with Gasteiger partial charge in [0.15, 0.2) is 0 Å². The molecule has 0 radical (unpaired) electrons. The van der Waals surface area contributed by atoms with Crippen LogP contribution in [0.15, 0.2) is 27.2 Å². The maximum atomic E-state index is 13.5. The van der Waals surface area contributed by atoms with E-state index in [1.54, 1.807) is 33.2 Å². The van der Waals surface area contributed by atoms with Crippen molar-refractivity contribution < 1.29 is 4.79 Å². The Kier molecular flexibility index (Phi) is 5.12. The van der Waals surface area contributed by atoms with Crippen molar-refractivity contribution in [3.05, 3.63) is 53.8 Å². The van der Waals surface area contributed by atoms with Crippen LogP contribution in [0.1, 0.15) is 61.8 Å². The van der Waals surface area contributed by atoms with Crippen molar-refractivity contribution in [2.75, 3.05) is 0 Å². The van der Waals surface area contributed by atoms with Gasteiger partial charge < -0.3 is 0 Å². The summed E-state index contributed by atoms with van der Waals surface area (Å²) in [5.74, 6) is 0.123. The van der Waals surface area contributed by atoms with Crippen LogP contribution in [0.3, 0.4) is 0 Å². The Morgan fingerprint density at radius 1 is 1.03 bits per heavy atom. The number of carbonyl (C=O) groups is 1. The number of nitrogens with zero attached hydrogens (tertiary/aromatic N) is 5. The van der Waals surface area contributed by atoms with E-state index in [4.69, 9.17) is 5.10 Å². The fourth-order valence-corrected chi connectivity index (χ4v) is 6.68. The molecule has 0 N–H and O–H groups in total. The van der Waals surface area contributed by atoms with E-state index in [0.29, 0.717) is 4.88 Å². The minimum Gasteiger partial charge on any atom is -0.266 e. The Morgan fingerprint density at radius 3 is 2.43 bits per heavy atom. The van der Waals surface area contributed by atoms with Crippen LogP contribution < -0.4 is 0 Å².